The van der Waals surface area contributed by atoms with Gasteiger partial charge in [-0.15, -0.1) is 0 Å². The summed E-state index contributed by atoms with van der Waals surface area (Å²) in [5.41, 5.74) is 4.39. The molecule has 1 heterocycles. The molecule has 0 saturated carbocycles. The van der Waals surface area contributed by atoms with Crippen LogP contribution in [0.1, 0.15) is 28.3 Å². The van der Waals surface area contributed by atoms with Gasteiger partial charge >= 0.3 is 0 Å². The number of nitrogens with zero attached hydrogens (tertiary/aromatic N) is 1. The molecule has 0 aromatic heterocycles. The van der Waals surface area contributed by atoms with E-state index < -0.39 is 6.04 Å². The van der Waals surface area contributed by atoms with E-state index in [9.17, 15) is 9.90 Å². The summed E-state index contributed by atoms with van der Waals surface area (Å²) in [6.45, 7) is 2.33. The van der Waals surface area contributed by atoms with E-state index in [0.717, 1.165) is 26.7 Å². The first kappa shape index (κ1) is 20.2. The number of benzene rings is 3. The molecule has 0 fully saturated rings. The molecule has 3 aromatic rings. The van der Waals surface area contributed by atoms with Gasteiger partial charge in [0.25, 0.3) is 5.91 Å². The van der Waals surface area contributed by atoms with E-state index in [-0.39, 0.29) is 11.7 Å². The molecule has 1 unspecified atom stereocenters. The molecule has 30 heavy (non-hydrogen) atoms. The average Bonchev–Trinajstić information content (AvgIpc) is 3.00. The molecule has 4 rings (SSSR count). The molecule has 0 radical (unpaired) electrons. The van der Waals surface area contributed by atoms with E-state index in [1.54, 1.807) is 12.0 Å². The molecule has 0 spiro atoms. The van der Waals surface area contributed by atoms with Gasteiger partial charge in [0, 0.05) is 15.6 Å². The quantitative estimate of drug-likeness (QED) is 0.518. The monoisotopic (exact) mass is 463 g/mol. The normalized spacial score (nSPS) is 16.3. The number of rotatable bonds is 5. The van der Waals surface area contributed by atoms with Crippen molar-refractivity contribution < 1.29 is 14.6 Å². The van der Waals surface area contributed by atoms with Crippen LogP contribution in [0.5, 0.6) is 5.75 Å². The lowest BCUT2D eigenvalue weighted by molar-refractivity contribution is -0.130. The van der Waals surface area contributed by atoms with Gasteiger partial charge in [0.15, 0.2) is 5.76 Å². The van der Waals surface area contributed by atoms with Crippen LogP contribution in [0, 0.1) is 6.92 Å². The van der Waals surface area contributed by atoms with E-state index >= 15 is 0 Å². The third-order valence-corrected chi connectivity index (χ3v) is 5.91. The van der Waals surface area contributed by atoms with Crippen LogP contribution in [0.4, 0.5) is 0 Å². The molecule has 1 aliphatic heterocycles. The Morgan fingerprint density at radius 1 is 1.00 bits per heavy atom. The van der Waals surface area contributed by atoms with Gasteiger partial charge in [-0.05, 0) is 36.2 Å². The minimum atomic E-state index is -0.404. The number of carbonyl (C=O) groups is 1. The molecule has 5 heteroatoms. The Kier molecular flexibility index (Phi) is 5.64. The van der Waals surface area contributed by atoms with Crippen LogP contribution < -0.4 is 4.74 Å². The van der Waals surface area contributed by atoms with Gasteiger partial charge in [-0.25, -0.2) is 0 Å². The third-order valence-electron chi connectivity index (χ3n) is 5.39. The maximum absolute atomic E-state index is 13.2. The van der Waals surface area contributed by atoms with Crippen LogP contribution in [0.2, 0.25) is 0 Å². The van der Waals surface area contributed by atoms with Gasteiger partial charge in [-0.2, -0.15) is 0 Å². The van der Waals surface area contributed by atoms with Crippen molar-refractivity contribution in [3.63, 3.8) is 0 Å². The summed E-state index contributed by atoms with van der Waals surface area (Å²) in [5, 5.41) is 10.9. The number of aliphatic hydroxyl groups excluding tert-OH is 1. The highest BCUT2D eigenvalue weighted by Gasteiger charge is 2.41. The van der Waals surface area contributed by atoms with Crippen molar-refractivity contribution in [3.8, 4) is 5.75 Å². The lowest BCUT2D eigenvalue weighted by Crippen LogP contribution is -2.30. The van der Waals surface area contributed by atoms with Gasteiger partial charge < -0.3 is 14.7 Å². The molecule has 1 atom stereocenters. The molecule has 0 bridgehead atoms. The lowest BCUT2D eigenvalue weighted by Gasteiger charge is -2.28. The minimum Gasteiger partial charge on any atom is -0.503 e. The first-order chi connectivity index (χ1) is 14.5. The first-order valence-corrected chi connectivity index (χ1v) is 10.5. The Morgan fingerprint density at radius 2 is 1.67 bits per heavy atom. The van der Waals surface area contributed by atoms with E-state index in [0.29, 0.717) is 17.9 Å². The summed E-state index contributed by atoms with van der Waals surface area (Å²) in [6, 6.07) is 22.9. The van der Waals surface area contributed by atoms with Crippen LogP contribution in [-0.2, 0) is 11.3 Å². The number of hydrogen-bond acceptors (Lipinski definition) is 3. The van der Waals surface area contributed by atoms with Gasteiger partial charge in [0.05, 0.1) is 19.7 Å². The molecule has 1 amide bonds. The zero-order valence-corrected chi connectivity index (χ0v) is 18.4. The number of amides is 1. The number of methoxy groups -OCH3 is 1. The highest BCUT2D eigenvalue weighted by molar-refractivity contribution is 9.10. The van der Waals surface area contributed by atoms with Crippen molar-refractivity contribution in [2.24, 2.45) is 0 Å². The SMILES string of the molecule is COc1ccccc1CN1C(=O)C(O)=C(c2ccc(C)cc2)C1c1ccc(Br)cc1. The maximum Gasteiger partial charge on any atom is 0.290 e. The topological polar surface area (TPSA) is 49.8 Å². The summed E-state index contributed by atoms with van der Waals surface area (Å²) in [7, 11) is 1.62. The Balaban J connectivity index is 1.82. The molecule has 1 N–H and O–H groups in total. The number of aliphatic hydroxyl groups is 1. The third kappa shape index (κ3) is 3.73. The van der Waals surface area contributed by atoms with Crippen molar-refractivity contribution in [3.05, 3.63) is 105 Å². The fourth-order valence-corrected chi connectivity index (χ4v) is 4.12. The van der Waals surface area contributed by atoms with Gasteiger partial charge in [0.1, 0.15) is 5.75 Å². The van der Waals surface area contributed by atoms with E-state index in [1.807, 2.05) is 79.7 Å². The lowest BCUT2D eigenvalue weighted by atomic mass is 9.93. The summed E-state index contributed by atoms with van der Waals surface area (Å²) in [4.78, 5) is 14.9. The zero-order valence-electron chi connectivity index (χ0n) is 16.8. The van der Waals surface area contributed by atoms with Crippen molar-refractivity contribution in [1.82, 2.24) is 4.90 Å². The van der Waals surface area contributed by atoms with E-state index in [4.69, 9.17) is 4.74 Å². The van der Waals surface area contributed by atoms with Gasteiger partial charge in [0.2, 0.25) is 0 Å². The van der Waals surface area contributed by atoms with Crippen LogP contribution in [0.15, 0.2) is 83.0 Å². The second-order valence-electron chi connectivity index (χ2n) is 7.33. The average molecular weight is 464 g/mol. The Bertz CT molecular complexity index is 1100. The fourth-order valence-electron chi connectivity index (χ4n) is 3.85. The van der Waals surface area contributed by atoms with Gasteiger partial charge in [-0.1, -0.05) is 76.1 Å². The zero-order chi connectivity index (χ0) is 21.3. The Hall–Kier alpha value is -3.05. The predicted octanol–water partition coefficient (Wildman–Crippen LogP) is 5.82. The number of ether oxygens (including phenoxy) is 1. The number of para-hydroxylation sites is 1. The Labute approximate surface area is 184 Å². The highest BCUT2D eigenvalue weighted by atomic mass is 79.9. The van der Waals surface area contributed by atoms with Crippen LogP contribution in [0.25, 0.3) is 5.57 Å². The smallest absolute Gasteiger partial charge is 0.290 e. The predicted molar refractivity (Wildman–Crippen MR) is 121 cm³/mol. The molecule has 3 aromatic carbocycles. The standard InChI is InChI=1S/C25H22BrNO3/c1-16-7-9-17(10-8-16)22-23(18-11-13-20(26)14-12-18)27(25(29)24(22)28)15-19-5-3-4-6-21(19)30-2/h3-14,23,28H,15H2,1-2H3. The Morgan fingerprint density at radius 3 is 2.33 bits per heavy atom. The first-order valence-electron chi connectivity index (χ1n) is 9.68. The summed E-state index contributed by atoms with van der Waals surface area (Å²) >= 11 is 3.48. The van der Waals surface area contributed by atoms with Crippen LogP contribution in [0.3, 0.4) is 0 Å². The maximum atomic E-state index is 13.2. The number of carbonyl (C=O) groups excluding carboxylic acids is 1. The second-order valence-corrected chi connectivity index (χ2v) is 8.24. The second kappa shape index (κ2) is 8.36. The van der Waals surface area contributed by atoms with E-state index in [1.165, 1.54) is 0 Å². The molecule has 0 saturated heterocycles. The summed E-state index contributed by atoms with van der Waals surface area (Å²) in [5.74, 6) is 0.120. The van der Waals surface area contributed by atoms with Crippen LogP contribution >= 0.6 is 15.9 Å². The molecular formula is C25H22BrNO3. The van der Waals surface area contributed by atoms with Crippen molar-refractivity contribution in [1.29, 1.82) is 0 Å². The molecule has 0 aliphatic carbocycles. The summed E-state index contributed by atoms with van der Waals surface area (Å²) in [6.07, 6.45) is 0. The summed E-state index contributed by atoms with van der Waals surface area (Å²) < 4.78 is 6.43. The van der Waals surface area contributed by atoms with Gasteiger partial charge in [-0.3, -0.25) is 4.79 Å². The largest absolute Gasteiger partial charge is 0.503 e. The van der Waals surface area contributed by atoms with E-state index in [2.05, 4.69) is 15.9 Å². The number of halogens is 1. The minimum absolute atomic E-state index is 0.207. The highest BCUT2D eigenvalue weighted by Crippen LogP contribution is 2.44. The number of aryl methyl sites for hydroxylation is 1. The molecule has 152 valence electrons. The fraction of sp³-hybridized carbons (Fsp3) is 0.160. The number of hydrogen-bond donors (Lipinski definition) is 1. The molecular weight excluding hydrogens is 442 g/mol. The molecule has 4 nitrogen and oxygen atoms in total. The van der Waals surface area contributed by atoms with Crippen LogP contribution in [-0.4, -0.2) is 23.0 Å². The van der Waals surface area contributed by atoms with Crippen molar-refractivity contribution in [2.45, 2.75) is 19.5 Å². The van der Waals surface area contributed by atoms with Crippen molar-refractivity contribution >= 4 is 27.4 Å². The van der Waals surface area contributed by atoms with Crippen molar-refractivity contribution in [2.75, 3.05) is 7.11 Å². The molecule has 1 aliphatic rings.